The Morgan fingerprint density at radius 2 is 1.94 bits per heavy atom. The number of sulfone groups is 1. The van der Waals surface area contributed by atoms with Crippen LogP contribution in [-0.4, -0.2) is 37.1 Å². The fourth-order valence-electron chi connectivity index (χ4n) is 2.50. The van der Waals surface area contributed by atoms with Crippen LogP contribution in [0.2, 0.25) is 0 Å². The minimum absolute atomic E-state index is 0.0603. The van der Waals surface area contributed by atoms with E-state index in [1.807, 2.05) is 35.2 Å². The molecule has 2 atom stereocenters. The van der Waals surface area contributed by atoms with E-state index in [4.69, 9.17) is 12.2 Å². The fourth-order valence-corrected chi connectivity index (χ4v) is 4.78. The Bertz CT molecular complexity index is 556. The molecule has 0 bridgehead atoms. The van der Waals surface area contributed by atoms with Crippen molar-refractivity contribution < 1.29 is 8.42 Å². The molecule has 0 aromatic heterocycles. The van der Waals surface area contributed by atoms with Crippen molar-refractivity contribution in [3.63, 3.8) is 0 Å². The van der Waals surface area contributed by atoms with Gasteiger partial charge in [0.15, 0.2) is 14.9 Å². The molecule has 2 heterocycles. The molecule has 0 amide bonds. The van der Waals surface area contributed by atoms with E-state index >= 15 is 0 Å². The first-order chi connectivity index (χ1) is 8.07. The molecule has 2 saturated heterocycles. The average Bonchev–Trinajstić information content (AvgIpc) is 2.69. The molecule has 17 heavy (non-hydrogen) atoms. The van der Waals surface area contributed by atoms with Crippen molar-refractivity contribution in [3.8, 4) is 0 Å². The van der Waals surface area contributed by atoms with Crippen LogP contribution in [0.5, 0.6) is 0 Å². The van der Waals surface area contributed by atoms with Crippen LogP contribution in [-0.2, 0) is 9.84 Å². The van der Waals surface area contributed by atoms with Gasteiger partial charge >= 0.3 is 0 Å². The van der Waals surface area contributed by atoms with Gasteiger partial charge in [-0.25, -0.2) is 8.42 Å². The zero-order valence-electron chi connectivity index (χ0n) is 9.04. The van der Waals surface area contributed by atoms with Gasteiger partial charge in [-0.3, -0.25) is 0 Å². The maximum Gasteiger partial charge on any atom is 0.174 e. The summed E-state index contributed by atoms with van der Waals surface area (Å²) < 4.78 is 23.2. The van der Waals surface area contributed by atoms with Crippen molar-refractivity contribution in [2.75, 3.05) is 16.4 Å². The Morgan fingerprint density at radius 3 is 2.65 bits per heavy atom. The number of hydrogen-bond acceptors (Lipinski definition) is 3. The van der Waals surface area contributed by atoms with E-state index in [2.05, 4.69) is 5.32 Å². The second kappa shape index (κ2) is 3.68. The molecule has 4 nitrogen and oxygen atoms in total. The van der Waals surface area contributed by atoms with E-state index in [0.29, 0.717) is 5.11 Å². The maximum atomic E-state index is 11.6. The number of thiocarbonyl (C=S) groups is 1. The fraction of sp³-hybridized carbons (Fsp3) is 0.364. The number of nitrogens with one attached hydrogen (secondary N) is 1. The number of rotatable bonds is 1. The molecule has 90 valence electrons. The molecular weight excluding hydrogens is 256 g/mol. The third-order valence-corrected chi connectivity index (χ3v) is 5.25. The number of nitrogens with zero attached hydrogens (tertiary/aromatic N) is 1. The van der Waals surface area contributed by atoms with E-state index in [9.17, 15) is 8.42 Å². The van der Waals surface area contributed by atoms with Crippen molar-refractivity contribution in [1.82, 2.24) is 5.32 Å². The molecular formula is C11H12N2O2S2. The van der Waals surface area contributed by atoms with Crippen LogP contribution >= 0.6 is 12.2 Å². The zero-order valence-corrected chi connectivity index (χ0v) is 10.7. The molecule has 1 aromatic rings. The lowest BCUT2D eigenvalue weighted by Gasteiger charge is -2.23. The van der Waals surface area contributed by atoms with E-state index in [0.717, 1.165) is 5.69 Å². The van der Waals surface area contributed by atoms with E-state index in [-0.39, 0.29) is 23.6 Å². The van der Waals surface area contributed by atoms with Gasteiger partial charge in [0.2, 0.25) is 0 Å². The van der Waals surface area contributed by atoms with Gasteiger partial charge in [0.25, 0.3) is 0 Å². The highest BCUT2D eigenvalue weighted by atomic mass is 32.2. The first kappa shape index (κ1) is 11.0. The molecule has 0 spiro atoms. The smallest absolute Gasteiger partial charge is 0.174 e. The highest BCUT2D eigenvalue weighted by molar-refractivity contribution is 7.91. The Balaban J connectivity index is 1.98. The number of benzene rings is 1. The van der Waals surface area contributed by atoms with Crippen molar-refractivity contribution in [2.45, 2.75) is 12.1 Å². The summed E-state index contributed by atoms with van der Waals surface area (Å²) in [5, 5.41) is 3.72. The van der Waals surface area contributed by atoms with Gasteiger partial charge in [-0.15, -0.1) is 0 Å². The second-order valence-electron chi connectivity index (χ2n) is 4.41. The molecule has 0 unspecified atom stereocenters. The number of anilines is 1. The molecule has 6 heteroatoms. The highest BCUT2D eigenvalue weighted by Gasteiger charge is 2.47. The third kappa shape index (κ3) is 1.81. The van der Waals surface area contributed by atoms with Crippen LogP contribution in [0.3, 0.4) is 0 Å². The van der Waals surface area contributed by atoms with Crippen LogP contribution in [0.25, 0.3) is 0 Å². The van der Waals surface area contributed by atoms with E-state index < -0.39 is 9.84 Å². The number of para-hydroxylation sites is 1. The summed E-state index contributed by atoms with van der Waals surface area (Å²) in [6.45, 7) is 0. The summed E-state index contributed by atoms with van der Waals surface area (Å²) in [7, 11) is -2.93. The molecule has 2 aliphatic rings. The molecule has 1 N–H and O–H groups in total. The van der Waals surface area contributed by atoms with Crippen molar-refractivity contribution >= 4 is 32.9 Å². The lowest BCUT2D eigenvalue weighted by Crippen LogP contribution is -2.36. The van der Waals surface area contributed by atoms with E-state index in [1.165, 1.54) is 0 Å². The van der Waals surface area contributed by atoms with Crippen LogP contribution in [0.4, 0.5) is 5.69 Å². The minimum atomic E-state index is -2.93. The van der Waals surface area contributed by atoms with Crippen molar-refractivity contribution in [3.05, 3.63) is 30.3 Å². The van der Waals surface area contributed by atoms with Gasteiger partial charge in [0.05, 0.1) is 23.6 Å². The minimum Gasteiger partial charge on any atom is -0.356 e. The van der Waals surface area contributed by atoms with E-state index in [1.54, 1.807) is 0 Å². The van der Waals surface area contributed by atoms with Crippen molar-refractivity contribution in [2.24, 2.45) is 0 Å². The zero-order chi connectivity index (χ0) is 12.0. The Labute approximate surface area is 106 Å². The second-order valence-corrected chi connectivity index (χ2v) is 6.95. The maximum absolute atomic E-state index is 11.6. The van der Waals surface area contributed by atoms with Crippen molar-refractivity contribution in [1.29, 1.82) is 0 Å². The quantitative estimate of drug-likeness (QED) is 0.754. The predicted octanol–water partition coefficient (Wildman–Crippen LogP) is 0.547. The summed E-state index contributed by atoms with van der Waals surface area (Å²) in [4.78, 5) is 1.92. The first-order valence-electron chi connectivity index (χ1n) is 5.42. The SMILES string of the molecule is O=S1(=O)C[C@H]2NC(=S)N(c3ccccc3)[C@H]2C1. The number of hydrogen-bond donors (Lipinski definition) is 1. The monoisotopic (exact) mass is 268 g/mol. The van der Waals surface area contributed by atoms with Gasteiger partial charge in [0, 0.05) is 5.69 Å². The summed E-state index contributed by atoms with van der Waals surface area (Å²) in [5.41, 5.74) is 0.953. The lowest BCUT2D eigenvalue weighted by atomic mass is 10.1. The largest absolute Gasteiger partial charge is 0.356 e. The Morgan fingerprint density at radius 1 is 1.24 bits per heavy atom. The summed E-state index contributed by atoms with van der Waals surface area (Å²) >= 11 is 5.27. The molecule has 0 aliphatic carbocycles. The van der Waals surface area contributed by atoms with Crippen LogP contribution < -0.4 is 10.2 Å². The molecule has 2 aliphatic heterocycles. The molecule has 1 aromatic carbocycles. The molecule has 0 saturated carbocycles. The normalized spacial score (nSPS) is 30.1. The van der Waals surface area contributed by atoms with Gasteiger partial charge in [-0.1, -0.05) is 18.2 Å². The highest BCUT2D eigenvalue weighted by Crippen LogP contribution is 2.29. The van der Waals surface area contributed by atoms with Gasteiger partial charge in [-0.2, -0.15) is 0 Å². The topological polar surface area (TPSA) is 49.4 Å². The first-order valence-corrected chi connectivity index (χ1v) is 7.65. The standard InChI is InChI=1S/C11H12N2O2S2/c14-17(15)6-9-10(7-17)13(11(16)12-9)8-4-2-1-3-5-8/h1-5,9-10H,6-7H2,(H,12,16)/t9-,10+/m1/s1. The predicted molar refractivity (Wildman–Crippen MR) is 70.9 cm³/mol. The molecule has 2 fully saturated rings. The summed E-state index contributed by atoms with van der Waals surface area (Å²) in [6, 6.07) is 9.55. The molecule has 3 rings (SSSR count). The summed E-state index contributed by atoms with van der Waals surface area (Å²) in [5.74, 6) is 0.362. The third-order valence-electron chi connectivity index (χ3n) is 3.22. The van der Waals surface area contributed by atoms with Gasteiger partial charge in [0.1, 0.15) is 0 Å². The Hall–Kier alpha value is -1.14. The molecule has 0 radical (unpaired) electrons. The van der Waals surface area contributed by atoms with Crippen LogP contribution in [0.15, 0.2) is 30.3 Å². The lowest BCUT2D eigenvalue weighted by molar-refractivity contribution is 0.600. The van der Waals surface area contributed by atoms with Gasteiger partial charge < -0.3 is 10.2 Å². The Kier molecular flexibility index (Phi) is 2.38. The van der Waals surface area contributed by atoms with Crippen LogP contribution in [0.1, 0.15) is 0 Å². The number of fused-ring (bicyclic) bond motifs is 1. The summed E-state index contributed by atoms with van der Waals surface area (Å²) in [6.07, 6.45) is 0. The van der Waals surface area contributed by atoms with Crippen LogP contribution in [0, 0.1) is 0 Å². The average molecular weight is 268 g/mol. The van der Waals surface area contributed by atoms with Gasteiger partial charge in [-0.05, 0) is 24.4 Å².